The molecule has 0 aromatic heterocycles. The van der Waals surface area contributed by atoms with Crippen molar-refractivity contribution in [1.29, 1.82) is 0 Å². The molecular formula is C13H18F2N2. The van der Waals surface area contributed by atoms with Gasteiger partial charge in [-0.1, -0.05) is 18.2 Å². The van der Waals surface area contributed by atoms with Crippen molar-refractivity contribution in [3.8, 4) is 0 Å². The van der Waals surface area contributed by atoms with Crippen LogP contribution < -0.4 is 10.6 Å². The van der Waals surface area contributed by atoms with Gasteiger partial charge in [-0.2, -0.15) is 0 Å². The third-order valence-corrected chi connectivity index (χ3v) is 3.50. The Morgan fingerprint density at radius 3 is 2.76 bits per heavy atom. The molecule has 1 aromatic carbocycles. The highest BCUT2D eigenvalue weighted by atomic mass is 19.3. The molecule has 0 spiro atoms. The monoisotopic (exact) mass is 240 g/mol. The fraction of sp³-hybridized carbons (Fsp3) is 0.538. The number of alkyl halides is 2. The first-order valence-electron chi connectivity index (χ1n) is 5.99. The van der Waals surface area contributed by atoms with Crippen LogP contribution in [0.25, 0.3) is 0 Å². The Balaban J connectivity index is 2.36. The highest BCUT2D eigenvalue weighted by molar-refractivity contribution is 5.58. The van der Waals surface area contributed by atoms with Crippen LogP contribution in [0.3, 0.4) is 0 Å². The average molecular weight is 240 g/mol. The molecule has 94 valence electrons. The molecule has 0 bridgehead atoms. The minimum absolute atomic E-state index is 0.190. The van der Waals surface area contributed by atoms with Gasteiger partial charge in [0.25, 0.3) is 0 Å². The van der Waals surface area contributed by atoms with Crippen LogP contribution in [0.5, 0.6) is 0 Å². The van der Waals surface area contributed by atoms with E-state index in [1.54, 1.807) is 0 Å². The van der Waals surface area contributed by atoms with Gasteiger partial charge < -0.3 is 10.6 Å². The summed E-state index contributed by atoms with van der Waals surface area (Å²) in [5.41, 5.74) is 7.34. The quantitative estimate of drug-likeness (QED) is 0.880. The van der Waals surface area contributed by atoms with Crippen LogP contribution in [0.4, 0.5) is 14.5 Å². The van der Waals surface area contributed by atoms with Gasteiger partial charge in [0.15, 0.2) is 0 Å². The van der Waals surface area contributed by atoms with E-state index in [9.17, 15) is 8.78 Å². The van der Waals surface area contributed by atoms with Crippen LogP contribution in [0.2, 0.25) is 0 Å². The summed E-state index contributed by atoms with van der Waals surface area (Å²) in [4.78, 5) is 2.13. The molecular weight excluding hydrogens is 222 g/mol. The van der Waals surface area contributed by atoms with Crippen LogP contribution >= 0.6 is 0 Å². The molecule has 2 atom stereocenters. The van der Waals surface area contributed by atoms with Gasteiger partial charge in [-0.25, -0.2) is 8.78 Å². The largest absolute Gasteiger partial charge is 0.367 e. The summed E-state index contributed by atoms with van der Waals surface area (Å²) in [7, 11) is 0. The molecule has 0 fully saturated rings. The number of para-hydroxylation sites is 1. The molecule has 2 nitrogen and oxygen atoms in total. The average Bonchev–Trinajstić information content (AvgIpc) is 2.36. The highest BCUT2D eigenvalue weighted by Gasteiger charge is 2.32. The van der Waals surface area contributed by atoms with Crippen LogP contribution in [-0.2, 0) is 0 Å². The van der Waals surface area contributed by atoms with Crippen LogP contribution in [0, 0.1) is 0 Å². The predicted molar refractivity (Wildman–Crippen MR) is 65.7 cm³/mol. The van der Waals surface area contributed by atoms with Gasteiger partial charge in [-0.15, -0.1) is 0 Å². The van der Waals surface area contributed by atoms with Crippen molar-refractivity contribution in [2.45, 2.75) is 31.7 Å². The van der Waals surface area contributed by atoms with E-state index >= 15 is 0 Å². The topological polar surface area (TPSA) is 29.3 Å². The molecule has 17 heavy (non-hydrogen) atoms. The normalized spacial score (nSPS) is 21.5. The Morgan fingerprint density at radius 2 is 2.12 bits per heavy atom. The molecule has 0 unspecified atom stereocenters. The zero-order chi connectivity index (χ0) is 12.4. The fourth-order valence-corrected chi connectivity index (χ4v) is 2.46. The van der Waals surface area contributed by atoms with Crippen molar-refractivity contribution < 1.29 is 8.78 Å². The first kappa shape index (κ1) is 12.3. The van der Waals surface area contributed by atoms with Crippen molar-refractivity contribution >= 4 is 5.69 Å². The highest BCUT2D eigenvalue weighted by Crippen LogP contribution is 2.39. The molecule has 0 saturated carbocycles. The summed E-state index contributed by atoms with van der Waals surface area (Å²) < 4.78 is 25.9. The third kappa shape index (κ3) is 2.27. The van der Waals surface area contributed by atoms with Gasteiger partial charge in [0.05, 0.1) is 0 Å². The first-order valence-corrected chi connectivity index (χ1v) is 5.99. The molecule has 1 aliphatic rings. The second kappa shape index (κ2) is 5.00. The summed E-state index contributed by atoms with van der Waals surface area (Å²) in [5.74, 6) is -0.632. The zero-order valence-electron chi connectivity index (χ0n) is 9.94. The summed E-state index contributed by atoms with van der Waals surface area (Å²) in [6, 6.07) is 7.63. The van der Waals surface area contributed by atoms with E-state index in [1.165, 1.54) is 0 Å². The summed E-state index contributed by atoms with van der Waals surface area (Å²) in [6.07, 6.45) is -1.79. The number of hydrogen-bond acceptors (Lipinski definition) is 2. The fourth-order valence-electron chi connectivity index (χ4n) is 2.46. The summed E-state index contributed by atoms with van der Waals surface area (Å²) in [5, 5.41) is 0. The summed E-state index contributed by atoms with van der Waals surface area (Å²) in [6.45, 7) is 3.22. The van der Waals surface area contributed by atoms with Gasteiger partial charge in [0.2, 0.25) is 6.43 Å². The minimum atomic E-state index is -2.29. The maximum absolute atomic E-state index is 13.0. The Bertz CT molecular complexity index is 381. The number of hydrogen-bond donors (Lipinski definition) is 1. The Morgan fingerprint density at radius 1 is 1.41 bits per heavy atom. The minimum Gasteiger partial charge on any atom is -0.367 e. The van der Waals surface area contributed by atoms with Crippen molar-refractivity contribution in [3.05, 3.63) is 29.8 Å². The molecule has 4 heteroatoms. The van der Waals surface area contributed by atoms with E-state index in [1.807, 2.05) is 31.2 Å². The molecule has 0 saturated heterocycles. The Labute approximate surface area is 100 Å². The van der Waals surface area contributed by atoms with Gasteiger partial charge in [0, 0.05) is 30.7 Å². The Hall–Kier alpha value is -1.16. The molecule has 2 rings (SSSR count). The number of anilines is 1. The number of rotatable bonds is 3. The van der Waals surface area contributed by atoms with Crippen LogP contribution in [-0.4, -0.2) is 25.6 Å². The first-order chi connectivity index (χ1) is 8.15. The second-order valence-corrected chi connectivity index (χ2v) is 4.57. The second-order valence-electron chi connectivity index (χ2n) is 4.57. The van der Waals surface area contributed by atoms with E-state index in [4.69, 9.17) is 5.73 Å². The lowest BCUT2D eigenvalue weighted by molar-refractivity contribution is 0.108. The van der Waals surface area contributed by atoms with E-state index in [0.29, 0.717) is 19.5 Å². The molecule has 2 N–H and O–H groups in total. The van der Waals surface area contributed by atoms with E-state index in [0.717, 1.165) is 11.3 Å². The zero-order valence-corrected chi connectivity index (χ0v) is 9.94. The summed E-state index contributed by atoms with van der Waals surface area (Å²) >= 11 is 0. The smallest absolute Gasteiger partial charge is 0.245 e. The van der Waals surface area contributed by atoms with Crippen molar-refractivity contribution in [3.63, 3.8) is 0 Å². The van der Waals surface area contributed by atoms with Crippen molar-refractivity contribution in [2.75, 3.05) is 18.0 Å². The molecule has 1 heterocycles. The van der Waals surface area contributed by atoms with E-state index < -0.39 is 12.3 Å². The molecule has 1 aliphatic heterocycles. The lowest BCUT2D eigenvalue weighted by atomic mass is 9.89. The lowest BCUT2D eigenvalue weighted by Gasteiger charge is -2.39. The predicted octanol–water partition coefficient (Wildman–Crippen LogP) is 2.59. The molecule has 0 aliphatic carbocycles. The molecule has 1 aromatic rings. The van der Waals surface area contributed by atoms with Crippen LogP contribution in [0.1, 0.15) is 24.8 Å². The standard InChI is InChI=1S/C13H18F2N2/c1-9(8-16)17-7-6-11(13(14)15)10-4-2-3-5-12(10)17/h2-5,9,11,13H,6-8,16H2,1H3/t9-,11+/m0/s1. The van der Waals surface area contributed by atoms with Gasteiger partial charge in [0.1, 0.15) is 0 Å². The maximum Gasteiger partial charge on any atom is 0.245 e. The van der Waals surface area contributed by atoms with Gasteiger partial charge in [-0.3, -0.25) is 0 Å². The van der Waals surface area contributed by atoms with Gasteiger partial charge in [-0.05, 0) is 25.0 Å². The number of benzene rings is 1. The lowest BCUT2D eigenvalue weighted by Crippen LogP contribution is -2.43. The SMILES string of the molecule is C[C@@H](CN)N1CC[C@@H](C(F)F)c2ccccc21. The van der Waals surface area contributed by atoms with E-state index in [2.05, 4.69) is 4.90 Å². The molecule has 0 radical (unpaired) electrons. The number of fused-ring (bicyclic) bond motifs is 1. The number of nitrogens with two attached hydrogens (primary N) is 1. The number of nitrogens with zero attached hydrogens (tertiary/aromatic N) is 1. The maximum atomic E-state index is 13.0. The van der Waals surface area contributed by atoms with Gasteiger partial charge >= 0.3 is 0 Å². The van der Waals surface area contributed by atoms with Crippen LogP contribution in [0.15, 0.2) is 24.3 Å². The van der Waals surface area contributed by atoms with E-state index in [-0.39, 0.29) is 6.04 Å². The van der Waals surface area contributed by atoms with Crippen molar-refractivity contribution in [2.24, 2.45) is 5.73 Å². The molecule has 0 amide bonds. The Kier molecular flexibility index (Phi) is 3.62. The third-order valence-electron chi connectivity index (χ3n) is 3.50. The van der Waals surface area contributed by atoms with Crippen molar-refractivity contribution in [1.82, 2.24) is 0 Å². The number of halogens is 2.